The van der Waals surface area contributed by atoms with Gasteiger partial charge in [-0.25, -0.2) is 8.42 Å². The molecule has 0 spiro atoms. The van der Waals surface area contributed by atoms with Crippen molar-refractivity contribution in [3.8, 4) is 0 Å². The predicted molar refractivity (Wildman–Crippen MR) is 44.1 cm³/mol. The maximum Gasteiger partial charge on any atom is 0.325 e. The summed E-state index contributed by atoms with van der Waals surface area (Å²) in [5.41, 5.74) is 0. The van der Waals surface area contributed by atoms with Crippen molar-refractivity contribution in [3.05, 3.63) is 22.2 Å². The number of hydrogen-bond donors (Lipinski definition) is 0. The zero-order valence-corrected chi connectivity index (χ0v) is 7.68. The molecule has 0 amide bonds. The van der Waals surface area contributed by atoms with Crippen LogP contribution in [0.3, 0.4) is 0 Å². The molecule has 0 radical (unpaired) electrons. The van der Waals surface area contributed by atoms with Gasteiger partial charge in [-0.15, -0.1) is 0 Å². The van der Waals surface area contributed by atoms with E-state index in [-0.39, 0.29) is 9.21 Å². The summed E-state index contributed by atoms with van der Waals surface area (Å²) in [4.78, 5) is 9.55. The number of rotatable bonds is 2. The Morgan fingerprint density at radius 1 is 1.50 bits per heavy atom. The lowest BCUT2D eigenvalue weighted by atomic mass is 10.6. The molecule has 0 saturated carbocycles. The van der Waals surface area contributed by atoms with E-state index in [0.717, 1.165) is 6.26 Å². The number of nitrogens with zero attached hydrogens (tertiary/aromatic N) is 1. The van der Waals surface area contributed by atoms with Gasteiger partial charge in [0, 0.05) is 12.3 Å². The first kappa shape index (κ1) is 9.14. The molecule has 0 aliphatic rings. The third-order valence-corrected chi connectivity index (χ3v) is 3.97. The van der Waals surface area contributed by atoms with E-state index < -0.39 is 14.8 Å². The maximum absolute atomic E-state index is 10.9. The third kappa shape index (κ3) is 1.80. The van der Waals surface area contributed by atoms with E-state index in [1.165, 1.54) is 12.1 Å². The fourth-order valence-corrected chi connectivity index (χ4v) is 2.34. The predicted octanol–water partition coefficient (Wildman–Crippen LogP) is 1.06. The number of sulfone groups is 1. The van der Waals surface area contributed by atoms with Gasteiger partial charge in [0.25, 0.3) is 0 Å². The van der Waals surface area contributed by atoms with Crippen molar-refractivity contribution in [1.29, 1.82) is 0 Å². The molecule has 0 fully saturated rings. The molecule has 0 bridgehead atoms. The van der Waals surface area contributed by atoms with Gasteiger partial charge in [0.15, 0.2) is 9.84 Å². The fraction of sp³-hybridized carbons (Fsp3) is 0.200. The highest BCUT2D eigenvalue weighted by Gasteiger charge is 2.15. The van der Waals surface area contributed by atoms with E-state index in [2.05, 4.69) is 0 Å². The largest absolute Gasteiger partial charge is 0.325 e. The van der Waals surface area contributed by atoms with Crippen LogP contribution in [0.25, 0.3) is 0 Å². The molecule has 0 aliphatic heterocycles. The van der Waals surface area contributed by atoms with Crippen molar-refractivity contribution in [2.45, 2.75) is 4.21 Å². The summed E-state index contributed by atoms with van der Waals surface area (Å²) < 4.78 is 21.7. The van der Waals surface area contributed by atoms with Gasteiger partial charge in [-0.1, -0.05) is 11.3 Å². The van der Waals surface area contributed by atoms with Gasteiger partial charge in [-0.3, -0.25) is 10.1 Å². The standard InChI is InChI=1S/C5H5NO4S2/c1-12(9,10)5-3-2-4(11-5)6(7)8/h2-3H,1H3. The minimum Gasteiger partial charge on any atom is -0.258 e. The maximum atomic E-state index is 10.9. The summed E-state index contributed by atoms with van der Waals surface area (Å²) in [6, 6.07) is 2.42. The Hall–Kier alpha value is -0.950. The van der Waals surface area contributed by atoms with E-state index >= 15 is 0 Å². The lowest BCUT2D eigenvalue weighted by Gasteiger charge is -1.86. The van der Waals surface area contributed by atoms with Crippen molar-refractivity contribution in [2.24, 2.45) is 0 Å². The van der Waals surface area contributed by atoms with E-state index in [4.69, 9.17) is 0 Å². The number of thiophene rings is 1. The highest BCUT2D eigenvalue weighted by Crippen LogP contribution is 2.27. The highest BCUT2D eigenvalue weighted by atomic mass is 32.2. The Morgan fingerprint density at radius 2 is 2.08 bits per heavy atom. The Kier molecular flexibility index (Phi) is 2.16. The molecular formula is C5H5NO4S2. The van der Waals surface area contributed by atoms with Crippen molar-refractivity contribution >= 4 is 26.2 Å². The molecule has 0 unspecified atom stereocenters. The van der Waals surface area contributed by atoms with Crippen LogP contribution in [0.2, 0.25) is 0 Å². The Bertz CT molecular complexity index is 405. The molecule has 0 saturated heterocycles. The lowest BCUT2D eigenvalue weighted by Crippen LogP contribution is -1.91. The van der Waals surface area contributed by atoms with Crippen LogP contribution in [0.4, 0.5) is 5.00 Å². The molecule has 5 nitrogen and oxygen atoms in total. The molecule has 66 valence electrons. The quantitative estimate of drug-likeness (QED) is 0.536. The molecule has 12 heavy (non-hydrogen) atoms. The van der Waals surface area contributed by atoms with Crippen molar-refractivity contribution < 1.29 is 13.3 Å². The number of hydrogen-bond acceptors (Lipinski definition) is 5. The Balaban J connectivity index is 3.17. The second kappa shape index (κ2) is 2.83. The minimum absolute atomic E-state index is 0.0224. The molecule has 1 aromatic rings. The van der Waals surface area contributed by atoms with Crippen LogP contribution in [0.1, 0.15) is 0 Å². The highest BCUT2D eigenvalue weighted by molar-refractivity contribution is 7.92. The first-order chi connectivity index (χ1) is 5.41. The van der Waals surface area contributed by atoms with E-state index in [1.807, 2.05) is 0 Å². The van der Waals surface area contributed by atoms with Gasteiger partial charge in [0.1, 0.15) is 4.21 Å². The lowest BCUT2D eigenvalue weighted by molar-refractivity contribution is -0.380. The monoisotopic (exact) mass is 207 g/mol. The zero-order valence-electron chi connectivity index (χ0n) is 6.05. The van der Waals surface area contributed by atoms with Crippen LogP contribution in [0.5, 0.6) is 0 Å². The van der Waals surface area contributed by atoms with Gasteiger partial charge in [0.05, 0.1) is 4.92 Å². The van der Waals surface area contributed by atoms with E-state index in [1.54, 1.807) is 0 Å². The topological polar surface area (TPSA) is 77.3 Å². The average molecular weight is 207 g/mol. The van der Waals surface area contributed by atoms with Gasteiger partial charge < -0.3 is 0 Å². The van der Waals surface area contributed by atoms with Crippen molar-refractivity contribution in [3.63, 3.8) is 0 Å². The van der Waals surface area contributed by atoms with Gasteiger partial charge >= 0.3 is 5.00 Å². The summed E-state index contributed by atoms with van der Waals surface area (Å²) in [6.07, 6.45) is 1.02. The summed E-state index contributed by atoms with van der Waals surface area (Å²) in [7, 11) is -3.30. The molecule has 1 heterocycles. The second-order valence-electron chi connectivity index (χ2n) is 2.12. The van der Waals surface area contributed by atoms with Gasteiger partial charge in [-0.2, -0.15) is 0 Å². The fourth-order valence-electron chi connectivity index (χ4n) is 0.608. The summed E-state index contributed by atoms with van der Waals surface area (Å²) in [5.74, 6) is 0. The molecule has 1 aromatic heterocycles. The number of nitro groups is 1. The van der Waals surface area contributed by atoms with Crippen molar-refractivity contribution in [1.82, 2.24) is 0 Å². The second-order valence-corrected chi connectivity index (χ2v) is 5.43. The van der Waals surface area contributed by atoms with Crippen LogP contribution in [-0.4, -0.2) is 19.6 Å². The van der Waals surface area contributed by atoms with Crippen LogP contribution in [0.15, 0.2) is 16.3 Å². The summed E-state index contributed by atoms with van der Waals surface area (Å²) in [5, 5.41) is 10.0. The minimum atomic E-state index is -3.30. The smallest absolute Gasteiger partial charge is 0.258 e. The Morgan fingerprint density at radius 3 is 2.33 bits per heavy atom. The van der Waals surface area contributed by atoms with Gasteiger partial charge in [-0.05, 0) is 6.07 Å². The van der Waals surface area contributed by atoms with E-state index in [0.29, 0.717) is 11.3 Å². The first-order valence-corrected chi connectivity index (χ1v) is 5.56. The average Bonchev–Trinajstić information content (AvgIpc) is 2.30. The molecule has 0 atom stereocenters. The summed E-state index contributed by atoms with van der Waals surface area (Å²) >= 11 is 0.661. The van der Waals surface area contributed by atoms with Crippen molar-refractivity contribution in [2.75, 3.05) is 6.26 Å². The van der Waals surface area contributed by atoms with Crippen LogP contribution in [0, 0.1) is 10.1 Å². The van der Waals surface area contributed by atoms with Gasteiger partial charge in [0.2, 0.25) is 0 Å². The molecule has 1 rings (SSSR count). The molecule has 0 aromatic carbocycles. The molecule has 7 heteroatoms. The third-order valence-electron chi connectivity index (χ3n) is 1.11. The van der Waals surface area contributed by atoms with Crippen LogP contribution in [-0.2, 0) is 9.84 Å². The van der Waals surface area contributed by atoms with E-state index in [9.17, 15) is 18.5 Å². The molecule has 0 aliphatic carbocycles. The zero-order chi connectivity index (χ0) is 9.35. The SMILES string of the molecule is CS(=O)(=O)c1ccc([N+](=O)[O-])s1. The van der Waals surface area contributed by atoms with Crippen LogP contribution < -0.4 is 0 Å². The normalized spacial score (nSPS) is 11.4. The molecule has 0 N–H and O–H groups in total. The Labute approximate surface area is 72.7 Å². The molecular weight excluding hydrogens is 202 g/mol. The first-order valence-electron chi connectivity index (χ1n) is 2.85. The van der Waals surface area contributed by atoms with Crippen LogP contribution >= 0.6 is 11.3 Å². The summed E-state index contributed by atoms with van der Waals surface area (Å²) in [6.45, 7) is 0.